The average Bonchev–Trinajstić information content (AvgIpc) is 3.15. The zero-order valence-corrected chi connectivity index (χ0v) is 20.2. The van der Waals surface area contributed by atoms with Gasteiger partial charge in [-0.05, 0) is 58.2 Å². The van der Waals surface area contributed by atoms with Gasteiger partial charge in [0, 0.05) is 42.5 Å². The smallest absolute Gasteiger partial charge is 0.408 e. The molecular weight excluding hydrogens is 451 g/mol. The predicted octanol–water partition coefficient (Wildman–Crippen LogP) is 4.09. The molecule has 1 heterocycles. The maximum atomic E-state index is 14.3. The van der Waals surface area contributed by atoms with E-state index in [2.05, 4.69) is 10.3 Å². The van der Waals surface area contributed by atoms with Crippen molar-refractivity contribution >= 4 is 40.4 Å². The van der Waals surface area contributed by atoms with Crippen molar-refractivity contribution in [1.29, 1.82) is 0 Å². The minimum absolute atomic E-state index is 0.0420. The lowest BCUT2D eigenvalue weighted by Gasteiger charge is -2.47. The highest BCUT2D eigenvalue weighted by Crippen LogP contribution is 2.33. The molecule has 1 fully saturated rings. The van der Waals surface area contributed by atoms with Crippen molar-refractivity contribution in [3.63, 3.8) is 0 Å². The largest absolute Gasteiger partial charge is 0.465 e. The number of hydrogen-bond donors (Lipinski definition) is 3. The highest BCUT2D eigenvalue weighted by atomic mass is 35.5. The first-order chi connectivity index (χ1) is 15.3. The number of carboxylic acid groups (broad SMARTS) is 1. The van der Waals surface area contributed by atoms with Gasteiger partial charge in [0.1, 0.15) is 5.69 Å². The van der Waals surface area contributed by atoms with Gasteiger partial charge in [0.15, 0.2) is 5.82 Å². The van der Waals surface area contributed by atoms with Crippen molar-refractivity contribution in [1.82, 2.24) is 20.1 Å². The van der Waals surface area contributed by atoms with E-state index >= 15 is 0 Å². The van der Waals surface area contributed by atoms with E-state index in [-0.39, 0.29) is 27.9 Å². The average molecular weight is 481 g/mol. The van der Waals surface area contributed by atoms with Crippen LogP contribution in [0.4, 0.5) is 9.18 Å². The van der Waals surface area contributed by atoms with Gasteiger partial charge in [-0.2, -0.15) is 0 Å². The Morgan fingerprint density at radius 3 is 2.45 bits per heavy atom. The summed E-state index contributed by atoms with van der Waals surface area (Å²) in [5, 5.41) is 13.1. The fraction of sp³-hybridized carbons (Fsp3) is 0.522. The third-order valence-electron chi connectivity index (χ3n) is 6.12. The molecule has 3 atom stereocenters. The van der Waals surface area contributed by atoms with E-state index in [0.29, 0.717) is 24.8 Å². The van der Waals surface area contributed by atoms with E-state index in [1.165, 1.54) is 21.9 Å². The summed E-state index contributed by atoms with van der Waals surface area (Å²) < 4.78 is 14.3. The van der Waals surface area contributed by atoms with Crippen molar-refractivity contribution in [2.75, 3.05) is 14.1 Å². The molecule has 0 aliphatic heterocycles. The van der Waals surface area contributed by atoms with Gasteiger partial charge in [0.2, 0.25) is 5.91 Å². The number of fused-ring (bicyclic) bond motifs is 1. The van der Waals surface area contributed by atoms with Crippen LogP contribution in [0.5, 0.6) is 0 Å². The van der Waals surface area contributed by atoms with E-state index < -0.39 is 35.4 Å². The number of nitrogens with one attached hydrogen (secondary N) is 2. The summed E-state index contributed by atoms with van der Waals surface area (Å²) in [4.78, 5) is 43.6. The van der Waals surface area contributed by atoms with Crippen LogP contribution in [0.1, 0.15) is 50.5 Å². The van der Waals surface area contributed by atoms with Crippen molar-refractivity contribution in [2.45, 2.75) is 57.7 Å². The van der Waals surface area contributed by atoms with Crippen molar-refractivity contribution < 1.29 is 23.9 Å². The Kier molecular flexibility index (Phi) is 6.93. The third kappa shape index (κ3) is 5.08. The topological polar surface area (TPSA) is 106 Å². The molecule has 0 radical (unpaired) electrons. The summed E-state index contributed by atoms with van der Waals surface area (Å²) in [6, 6.07) is 3.26. The number of H-pyrrole nitrogens is 1. The highest BCUT2D eigenvalue weighted by Gasteiger charge is 2.44. The lowest BCUT2D eigenvalue weighted by Crippen LogP contribution is -2.61. The van der Waals surface area contributed by atoms with Crippen molar-refractivity contribution in [3.8, 4) is 0 Å². The molecule has 1 aromatic carbocycles. The van der Waals surface area contributed by atoms with Gasteiger partial charge < -0.3 is 20.3 Å². The molecule has 0 unspecified atom stereocenters. The Balaban J connectivity index is 1.90. The number of nitrogens with zero attached hydrogens (tertiary/aromatic N) is 2. The summed E-state index contributed by atoms with van der Waals surface area (Å²) in [7, 11) is 3.34. The summed E-state index contributed by atoms with van der Waals surface area (Å²) in [5.74, 6) is -1.50. The van der Waals surface area contributed by atoms with Crippen LogP contribution in [0.3, 0.4) is 0 Å². The van der Waals surface area contributed by atoms with Crippen LogP contribution in [0.2, 0.25) is 5.02 Å². The van der Waals surface area contributed by atoms with Gasteiger partial charge in [-0.1, -0.05) is 11.6 Å². The molecule has 1 aliphatic rings. The number of benzene rings is 1. The Labute approximate surface area is 197 Å². The quantitative estimate of drug-likeness (QED) is 0.612. The monoisotopic (exact) mass is 480 g/mol. The Bertz CT molecular complexity index is 1080. The first-order valence-corrected chi connectivity index (χ1v) is 11.2. The second-order valence-electron chi connectivity index (χ2n) is 9.72. The van der Waals surface area contributed by atoms with Gasteiger partial charge in [-0.25, -0.2) is 9.18 Å². The molecule has 10 heteroatoms. The molecule has 0 spiro atoms. The second-order valence-corrected chi connectivity index (χ2v) is 10.1. The fourth-order valence-corrected chi connectivity index (χ4v) is 4.79. The van der Waals surface area contributed by atoms with Gasteiger partial charge in [0.25, 0.3) is 5.91 Å². The van der Waals surface area contributed by atoms with Crippen LogP contribution in [-0.4, -0.2) is 69.5 Å². The van der Waals surface area contributed by atoms with Crippen molar-refractivity contribution in [2.24, 2.45) is 5.92 Å². The Hall–Kier alpha value is -2.81. The molecule has 3 rings (SSSR count). The van der Waals surface area contributed by atoms with E-state index in [9.17, 15) is 23.9 Å². The molecule has 0 bridgehead atoms. The Morgan fingerprint density at radius 1 is 1.21 bits per heavy atom. The zero-order chi connectivity index (χ0) is 24.7. The van der Waals surface area contributed by atoms with Crippen LogP contribution < -0.4 is 5.32 Å². The summed E-state index contributed by atoms with van der Waals surface area (Å²) >= 11 is 5.84. The standard InChI is InChI=1S/C23H30ClFN4O4/c1-23(2,3)29(22(32)33)18-10-12(21(31)28(4)5)6-8-16(18)27-20(30)17-11-13-15(26-17)9-7-14(24)19(13)25/h7,9,11-12,16,18,26H,6,8,10H2,1-5H3,(H,27,30)(H,32,33)/t12-,16-,18+/m0/s1. The van der Waals surface area contributed by atoms with Crippen LogP contribution >= 0.6 is 11.6 Å². The first kappa shape index (κ1) is 24.8. The molecular formula is C23H30ClFN4O4. The number of carbonyl (C=O) groups excluding carboxylic acids is 2. The maximum Gasteiger partial charge on any atom is 0.408 e. The van der Waals surface area contributed by atoms with E-state index in [1.807, 2.05) is 0 Å². The summed E-state index contributed by atoms with van der Waals surface area (Å²) in [5.41, 5.74) is -0.168. The number of amides is 3. The summed E-state index contributed by atoms with van der Waals surface area (Å²) in [6.07, 6.45) is 0.128. The van der Waals surface area contributed by atoms with E-state index in [4.69, 9.17) is 11.6 Å². The fourth-order valence-electron chi connectivity index (χ4n) is 4.63. The van der Waals surface area contributed by atoms with Gasteiger partial charge in [0.05, 0.1) is 11.1 Å². The molecule has 1 saturated carbocycles. The molecule has 0 saturated heterocycles. The van der Waals surface area contributed by atoms with Crippen LogP contribution in [-0.2, 0) is 4.79 Å². The van der Waals surface area contributed by atoms with Crippen LogP contribution in [0.15, 0.2) is 18.2 Å². The number of hydrogen-bond acceptors (Lipinski definition) is 3. The van der Waals surface area contributed by atoms with Crippen LogP contribution in [0, 0.1) is 11.7 Å². The minimum atomic E-state index is -1.12. The number of carbonyl (C=O) groups is 3. The highest BCUT2D eigenvalue weighted by molar-refractivity contribution is 6.31. The van der Waals surface area contributed by atoms with Gasteiger partial charge in [-0.3, -0.25) is 14.5 Å². The molecule has 1 aromatic heterocycles. The SMILES string of the molecule is CN(C)C(=O)[C@H]1CC[C@H](NC(=O)c2cc3c(F)c(Cl)ccc3[nH]2)[C@H](N(C(=O)O)C(C)(C)C)C1. The molecule has 3 amide bonds. The Morgan fingerprint density at radius 2 is 1.88 bits per heavy atom. The lowest BCUT2D eigenvalue weighted by molar-refractivity contribution is -0.135. The van der Waals surface area contributed by atoms with Crippen LogP contribution in [0.25, 0.3) is 10.9 Å². The number of rotatable bonds is 4. The number of aromatic amines is 1. The predicted molar refractivity (Wildman–Crippen MR) is 124 cm³/mol. The molecule has 1 aliphatic carbocycles. The molecule has 180 valence electrons. The van der Waals surface area contributed by atoms with E-state index in [0.717, 1.165) is 0 Å². The molecule has 3 N–H and O–H groups in total. The first-order valence-electron chi connectivity index (χ1n) is 10.8. The molecule has 33 heavy (non-hydrogen) atoms. The zero-order valence-electron chi connectivity index (χ0n) is 19.4. The number of aromatic nitrogens is 1. The maximum absolute atomic E-state index is 14.3. The van der Waals surface area contributed by atoms with Gasteiger partial charge in [-0.15, -0.1) is 0 Å². The number of halogens is 2. The second kappa shape index (κ2) is 9.21. The molecule has 2 aromatic rings. The molecule has 8 nitrogen and oxygen atoms in total. The van der Waals surface area contributed by atoms with E-state index in [1.54, 1.807) is 40.9 Å². The van der Waals surface area contributed by atoms with Crippen molar-refractivity contribution in [3.05, 3.63) is 34.7 Å². The normalized spacial score (nSPS) is 21.0. The van der Waals surface area contributed by atoms with Gasteiger partial charge >= 0.3 is 6.09 Å². The third-order valence-corrected chi connectivity index (χ3v) is 6.41. The lowest BCUT2D eigenvalue weighted by atomic mass is 9.79. The minimum Gasteiger partial charge on any atom is -0.465 e. The summed E-state index contributed by atoms with van der Waals surface area (Å²) in [6.45, 7) is 5.34.